The number of nitrogens with zero attached hydrogens (tertiary/aromatic N) is 1. The van der Waals surface area contributed by atoms with Crippen molar-refractivity contribution in [3.05, 3.63) is 71.4 Å². The molecule has 0 amide bonds. The van der Waals surface area contributed by atoms with Crippen molar-refractivity contribution < 1.29 is 0 Å². The van der Waals surface area contributed by atoms with Crippen molar-refractivity contribution in [2.45, 2.75) is 19.8 Å². The quantitative estimate of drug-likeness (QED) is 0.294. The third-order valence-corrected chi connectivity index (χ3v) is 4.47. The van der Waals surface area contributed by atoms with Gasteiger partial charge in [0.15, 0.2) is 5.96 Å². The molecule has 0 bridgehead atoms. The monoisotopic (exact) mass is 462 g/mol. The molecule has 4 nitrogen and oxygen atoms in total. The van der Waals surface area contributed by atoms with Crippen LogP contribution in [-0.2, 0) is 12.8 Å². The average molecular weight is 462 g/mol. The Bertz CT molecular complexity index is 840. The van der Waals surface area contributed by atoms with Crippen LogP contribution in [0.3, 0.4) is 0 Å². The van der Waals surface area contributed by atoms with E-state index in [0.29, 0.717) is 0 Å². The second-order valence-electron chi connectivity index (χ2n) is 6.19. The Morgan fingerprint density at radius 3 is 2.31 bits per heavy atom. The lowest BCUT2D eigenvalue weighted by atomic mass is 10.1. The highest BCUT2D eigenvalue weighted by Crippen LogP contribution is 2.21. The van der Waals surface area contributed by atoms with Crippen molar-refractivity contribution in [1.82, 2.24) is 15.6 Å². The first-order valence-electron chi connectivity index (χ1n) is 8.82. The number of H-pyrrole nitrogens is 1. The number of aromatic amines is 1. The van der Waals surface area contributed by atoms with Crippen LogP contribution < -0.4 is 10.6 Å². The number of nitrogens with one attached hydrogen (secondary N) is 3. The second-order valence-corrected chi connectivity index (χ2v) is 6.19. The Balaban J connectivity index is 0.00000243. The van der Waals surface area contributed by atoms with Crippen molar-refractivity contribution in [1.29, 1.82) is 0 Å². The predicted octanol–water partition coefficient (Wildman–Crippen LogP) is 4.04. The number of hydrogen-bond acceptors (Lipinski definition) is 1. The molecule has 5 heteroatoms. The topological polar surface area (TPSA) is 52.2 Å². The van der Waals surface area contributed by atoms with Crippen molar-refractivity contribution in [2.24, 2.45) is 4.99 Å². The van der Waals surface area contributed by atoms with E-state index < -0.39 is 0 Å². The van der Waals surface area contributed by atoms with Gasteiger partial charge in [-0.05, 0) is 37.0 Å². The maximum Gasteiger partial charge on any atom is 0.190 e. The first kappa shape index (κ1) is 20.3. The van der Waals surface area contributed by atoms with Crippen LogP contribution in [0.25, 0.3) is 10.9 Å². The lowest BCUT2D eigenvalue weighted by Gasteiger charge is -2.12. The number of aryl methyl sites for hydroxylation is 1. The lowest BCUT2D eigenvalue weighted by molar-refractivity contribution is 0.784. The Morgan fingerprint density at radius 1 is 0.923 bits per heavy atom. The van der Waals surface area contributed by atoms with Crippen molar-refractivity contribution >= 4 is 40.8 Å². The van der Waals surface area contributed by atoms with E-state index in [2.05, 4.69) is 76.1 Å². The van der Waals surface area contributed by atoms with Gasteiger partial charge in [-0.3, -0.25) is 4.99 Å². The maximum atomic E-state index is 4.31. The Kier molecular flexibility index (Phi) is 7.97. The predicted molar refractivity (Wildman–Crippen MR) is 122 cm³/mol. The smallest absolute Gasteiger partial charge is 0.190 e. The summed E-state index contributed by atoms with van der Waals surface area (Å²) < 4.78 is 0. The average Bonchev–Trinajstić information content (AvgIpc) is 2.97. The molecule has 0 atom stereocenters. The van der Waals surface area contributed by atoms with E-state index in [1.807, 2.05) is 13.1 Å². The second kappa shape index (κ2) is 10.2. The van der Waals surface area contributed by atoms with E-state index in [1.54, 1.807) is 0 Å². The molecule has 3 rings (SSSR count). The molecule has 0 aliphatic carbocycles. The molecule has 2 aromatic carbocycles. The molecule has 1 heterocycles. The number of para-hydroxylation sites is 1. The first-order valence-corrected chi connectivity index (χ1v) is 8.82. The summed E-state index contributed by atoms with van der Waals surface area (Å²) >= 11 is 0. The van der Waals surface area contributed by atoms with Gasteiger partial charge in [0.25, 0.3) is 0 Å². The zero-order valence-corrected chi connectivity index (χ0v) is 17.7. The van der Waals surface area contributed by atoms with Crippen molar-refractivity contribution in [2.75, 3.05) is 20.1 Å². The number of rotatable bonds is 6. The minimum absolute atomic E-state index is 0. The van der Waals surface area contributed by atoms with E-state index in [9.17, 15) is 0 Å². The van der Waals surface area contributed by atoms with E-state index >= 15 is 0 Å². The minimum atomic E-state index is 0. The van der Waals surface area contributed by atoms with Gasteiger partial charge < -0.3 is 15.6 Å². The largest absolute Gasteiger partial charge is 0.358 e. The normalized spacial score (nSPS) is 11.2. The summed E-state index contributed by atoms with van der Waals surface area (Å²) in [6, 6.07) is 19.0. The number of guanidine groups is 1. The summed E-state index contributed by atoms with van der Waals surface area (Å²) in [6.45, 7) is 3.87. The molecule has 0 saturated heterocycles. The van der Waals surface area contributed by atoms with Gasteiger partial charge in [-0.2, -0.15) is 0 Å². The van der Waals surface area contributed by atoms with Gasteiger partial charge in [-0.25, -0.2) is 0 Å². The van der Waals surface area contributed by atoms with E-state index in [0.717, 1.165) is 31.9 Å². The zero-order chi connectivity index (χ0) is 17.5. The molecule has 3 N–H and O–H groups in total. The Hall–Kier alpha value is -2.02. The zero-order valence-electron chi connectivity index (χ0n) is 15.4. The SMILES string of the molecule is CN=C(NCCc1ccccc1)NCCc1c(C)[nH]c2ccccc12.I. The summed E-state index contributed by atoms with van der Waals surface area (Å²) in [5, 5.41) is 8.11. The third kappa shape index (κ3) is 5.24. The van der Waals surface area contributed by atoms with E-state index in [4.69, 9.17) is 0 Å². The molecule has 0 spiro atoms. The molecule has 0 aliphatic heterocycles. The summed E-state index contributed by atoms with van der Waals surface area (Å²) in [5.74, 6) is 0.855. The molecular formula is C21H27IN4. The van der Waals surface area contributed by atoms with E-state index in [-0.39, 0.29) is 24.0 Å². The fourth-order valence-electron chi connectivity index (χ4n) is 3.15. The highest BCUT2D eigenvalue weighted by molar-refractivity contribution is 14.0. The van der Waals surface area contributed by atoms with Gasteiger partial charge in [0.2, 0.25) is 0 Å². The number of benzene rings is 2. The number of hydrogen-bond donors (Lipinski definition) is 3. The van der Waals surface area contributed by atoms with Crippen LogP contribution in [0.5, 0.6) is 0 Å². The van der Waals surface area contributed by atoms with Gasteiger partial charge in [0.05, 0.1) is 0 Å². The lowest BCUT2D eigenvalue weighted by Crippen LogP contribution is -2.39. The molecule has 0 radical (unpaired) electrons. The highest BCUT2D eigenvalue weighted by Gasteiger charge is 2.07. The van der Waals surface area contributed by atoms with Gasteiger partial charge in [0.1, 0.15) is 0 Å². The van der Waals surface area contributed by atoms with Gasteiger partial charge in [-0.15, -0.1) is 24.0 Å². The number of halogens is 1. The van der Waals surface area contributed by atoms with E-state index in [1.165, 1.54) is 27.7 Å². The molecular weight excluding hydrogens is 435 g/mol. The van der Waals surface area contributed by atoms with Crippen molar-refractivity contribution in [3.63, 3.8) is 0 Å². The van der Waals surface area contributed by atoms with Crippen molar-refractivity contribution in [3.8, 4) is 0 Å². The van der Waals surface area contributed by atoms with Crippen LogP contribution in [0.2, 0.25) is 0 Å². The number of aromatic nitrogens is 1. The minimum Gasteiger partial charge on any atom is -0.358 e. The molecule has 3 aromatic rings. The van der Waals surface area contributed by atoms with Gasteiger partial charge in [-0.1, -0.05) is 48.5 Å². The third-order valence-electron chi connectivity index (χ3n) is 4.47. The van der Waals surface area contributed by atoms with Gasteiger partial charge >= 0.3 is 0 Å². The van der Waals surface area contributed by atoms with Crippen LogP contribution >= 0.6 is 24.0 Å². The molecule has 0 saturated carbocycles. The molecule has 26 heavy (non-hydrogen) atoms. The van der Waals surface area contributed by atoms with Crippen LogP contribution in [0.1, 0.15) is 16.8 Å². The fourth-order valence-corrected chi connectivity index (χ4v) is 3.15. The molecule has 0 aliphatic rings. The van der Waals surface area contributed by atoms with Gasteiger partial charge in [0, 0.05) is 36.7 Å². The molecule has 0 fully saturated rings. The van der Waals surface area contributed by atoms with Crippen LogP contribution in [0, 0.1) is 6.92 Å². The standard InChI is InChI=1S/C21H26N4.HI/c1-16-18(19-10-6-7-11-20(19)25-16)13-15-24-21(22-2)23-14-12-17-8-4-3-5-9-17;/h3-11,25H,12-15H2,1-2H3,(H2,22,23,24);1H. The Morgan fingerprint density at radius 2 is 1.58 bits per heavy atom. The summed E-state index contributed by atoms with van der Waals surface area (Å²) in [6.07, 6.45) is 1.96. The summed E-state index contributed by atoms with van der Waals surface area (Å²) in [7, 11) is 1.81. The maximum absolute atomic E-state index is 4.31. The fraction of sp³-hybridized carbons (Fsp3) is 0.286. The highest BCUT2D eigenvalue weighted by atomic mass is 127. The Labute approximate surface area is 172 Å². The van der Waals surface area contributed by atoms with Crippen LogP contribution in [-0.4, -0.2) is 31.1 Å². The summed E-state index contributed by atoms with van der Waals surface area (Å²) in [5.41, 5.74) is 5.16. The molecule has 1 aromatic heterocycles. The van der Waals surface area contributed by atoms with Crippen LogP contribution in [0.15, 0.2) is 59.6 Å². The number of fused-ring (bicyclic) bond motifs is 1. The molecule has 138 valence electrons. The van der Waals surface area contributed by atoms with Crippen LogP contribution in [0.4, 0.5) is 0 Å². The number of aliphatic imine (C=N–C) groups is 1. The first-order chi connectivity index (χ1) is 12.3. The molecule has 0 unspecified atom stereocenters. The summed E-state index contributed by atoms with van der Waals surface area (Å²) in [4.78, 5) is 7.77.